The van der Waals surface area contributed by atoms with Crippen LogP contribution in [-0.2, 0) is 34.3 Å². The summed E-state index contributed by atoms with van der Waals surface area (Å²) < 4.78 is 34.3. The Morgan fingerprint density at radius 2 is 2.29 bits per heavy atom. The molecule has 2 aliphatic heterocycles. The fourth-order valence-corrected chi connectivity index (χ4v) is 4.06. The Bertz CT molecular complexity index is 553. The van der Waals surface area contributed by atoms with Crippen LogP contribution in [0.4, 0.5) is 0 Å². The van der Waals surface area contributed by atoms with Crippen molar-refractivity contribution in [3.05, 3.63) is 17.7 Å². The first-order valence-electron chi connectivity index (χ1n) is 7.76. The molecule has 1 saturated heterocycles. The summed E-state index contributed by atoms with van der Waals surface area (Å²) in [5.41, 5.74) is 0.813. The number of nitrogens with one attached hydrogen (secondary N) is 1. The number of hydrogen-bond acceptors (Lipinski definition) is 4. The number of aromatic nitrogens is 2. The third kappa shape index (κ3) is 4.05. The molecular weight excluding hydrogens is 290 g/mol. The van der Waals surface area contributed by atoms with E-state index in [1.807, 2.05) is 6.20 Å². The molecule has 0 bridgehead atoms. The zero-order chi connectivity index (χ0) is 14.7. The van der Waals surface area contributed by atoms with E-state index >= 15 is 0 Å². The number of ether oxygens (including phenoxy) is 1. The molecule has 1 aromatic heterocycles. The van der Waals surface area contributed by atoms with Crippen molar-refractivity contribution in [1.29, 1.82) is 0 Å². The second-order valence-corrected chi connectivity index (χ2v) is 7.79. The maximum absolute atomic E-state index is 12.0. The van der Waals surface area contributed by atoms with Crippen molar-refractivity contribution in [2.75, 3.05) is 12.4 Å². The largest absolute Gasteiger partial charge is 0.378 e. The van der Waals surface area contributed by atoms with Gasteiger partial charge in [-0.25, -0.2) is 18.1 Å². The number of rotatable bonds is 6. The van der Waals surface area contributed by atoms with E-state index in [-0.39, 0.29) is 18.4 Å². The number of imidazole rings is 1. The van der Waals surface area contributed by atoms with Gasteiger partial charge in [0.15, 0.2) is 0 Å². The third-order valence-electron chi connectivity index (χ3n) is 4.16. The summed E-state index contributed by atoms with van der Waals surface area (Å²) in [4.78, 5) is 4.50. The zero-order valence-electron chi connectivity index (χ0n) is 12.3. The SMILES string of the molecule is O=S(=O)(CC[C@@H]1CCCO1)NCc1cn2c(n1)CCCC2. The molecule has 1 atom stereocenters. The molecule has 21 heavy (non-hydrogen) atoms. The van der Waals surface area contributed by atoms with E-state index in [4.69, 9.17) is 4.74 Å². The Labute approximate surface area is 125 Å². The van der Waals surface area contributed by atoms with Gasteiger partial charge in [0, 0.05) is 25.8 Å². The molecule has 6 nitrogen and oxygen atoms in total. The molecule has 1 aromatic rings. The Morgan fingerprint density at radius 3 is 3.05 bits per heavy atom. The van der Waals surface area contributed by atoms with Crippen molar-refractivity contribution in [2.45, 2.75) is 57.7 Å². The number of fused-ring (bicyclic) bond motifs is 1. The molecule has 3 rings (SSSR count). The molecule has 0 aliphatic carbocycles. The molecule has 0 amide bonds. The highest BCUT2D eigenvalue weighted by Gasteiger charge is 2.20. The van der Waals surface area contributed by atoms with Crippen LogP contribution in [0, 0.1) is 0 Å². The lowest BCUT2D eigenvalue weighted by Crippen LogP contribution is -2.28. The Hall–Kier alpha value is -0.920. The molecule has 1 fully saturated rings. The van der Waals surface area contributed by atoms with Crippen LogP contribution in [0.15, 0.2) is 6.20 Å². The van der Waals surface area contributed by atoms with Gasteiger partial charge in [0.2, 0.25) is 10.0 Å². The summed E-state index contributed by atoms with van der Waals surface area (Å²) in [5, 5.41) is 0. The molecule has 7 heteroatoms. The van der Waals surface area contributed by atoms with Crippen LogP contribution in [0.5, 0.6) is 0 Å². The molecular formula is C14H23N3O3S. The van der Waals surface area contributed by atoms with Gasteiger partial charge >= 0.3 is 0 Å². The van der Waals surface area contributed by atoms with Crippen molar-refractivity contribution < 1.29 is 13.2 Å². The topological polar surface area (TPSA) is 73.2 Å². The molecule has 3 heterocycles. The van der Waals surface area contributed by atoms with Crippen molar-refractivity contribution in [3.63, 3.8) is 0 Å². The smallest absolute Gasteiger partial charge is 0.212 e. The Balaban J connectivity index is 1.49. The Morgan fingerprint density at radius 1 is 1.38 bits per heavy atom. The van der Waals surface area contributed by atoms with E-state index in [2.05, 4.69) is 14.3 Å². The van der Waals surface area contributed by atoms with Crippen LogP contribution in [0.1, 0.15) is 43.6 Å². The summed E-state index contributed by atoms with van der Waals surface area (Å²) in [7, 11) is -3.25. The summed E-state index contributed by atoms with van der Waals surface area (Å²) in [6.45, 7) is 2.04. The molecule has 118 valence electrons. The number of sulfonamides is 1. The molecule has 0 unspecified atom stereocenters. The van der Waals surface area contributed by atoms with Crippen LogP contribution in [0.2, 0.25) is 0 Å². The molecule has 0 spiro atoms. The quantitative estimate of drug-likeness (QED) is 0.857. The normalized spacial score (nSPS) is 22.4. The summed E-state index contributed by atoms with van der Waals surface area (Å²) in [6.07, 6.45) is 8.01. The zero-order valence-corrected chi connectivity index (χ0v) is 13.1. The van der Waals surface area contributed by atoms with Crippen molar-refractivity contribution >= 4 is 10.0 Å². The number of hydrogen-bond donors (Lipinski definition) is 1. The third-order valence-corrected chi connectivity index (χ3v) is 5.52. The van der Waals surface area contributed by atoms with Gasteiger partial charge in [-0.3, -0.25) is 0 Å². The molecule has 0 radical (unpaired) electrons. The first kappa shape index (κ1) is 15.0. The van der Waals surface area contributed by atoms with E-state index in [1.165, 1.54) is 12.8 Å². The lowest BCUT2D eigenvalue weighted by molar-refractivity contribution is 0.109. The van der Waals surface area contributed by atoms with Crippen LogP contribution in [0.25, 0.3) is 0 Å². The molecule has 2 aliphatic rings. The van der Waals surface area contributed by atoms with Gasteiger partial charge in [0.1, 0.15) is 5.82 Å². The first-order valence-corrected chi connectivity index (χ1v) is 9.41. The van der Waals surface area contributed by atoms with Gasteiger partial charge in [-0.05, 0) is 32.1 Å². The maximum atomic E-state index is 12.0. The van der Waals surface area contributed by atoms with E-state index in [9.17, 15) is 8.42 Å². The van der Waals surface area contributed by atoms with Crippen molar-refractivity contribution in [2.24, 2.45) is 0 Å². The van der Waals surface area contributed by atoms with Gasteiger partial charge in [-0.2, -0.15) is 0 Å². The van der Waals surface area contributed by atoms with Crippen LogP contribution in [0.3, 0.4) is 0 Å². The Kier molecular flexibility index (Phi) is 4.61. The average Bonchev–Trinajstić information content (AvgIpc) is 3.12. The van der Waals surface area contributed by atoms with Crippen LogP contribution < -0.4 is 4.72 Å². The highest BCUT2D eigenvalue weighted by atomic mass is 32.2. The standard InChI is InChI=1S/C14H23N3O3S/c18-21(19,9-6-13-4-3-8-20-13)15-10-12-11-17-7-2-1-5-14(17)16-12/h11,13,15H,1-10H2/t13-/m0/s1. The summed E-state index contributed by atoms with van der Waals surface area (Å²) in [5.74, 6) is 1.21. The summed E-state index contributed by atoms with van der Waals surface area (Å²) >= 11 is 0. The van der Waals surface area contributed by atoms with Crippen molar-refractivity contribution in [1.82, 2.24) is 14.3 Å². The maximum Gasteiger partial charge on any atom is 0.212 e. The second kappa shape index (κ2) is 6.46. The number of nitrogens with zero attached hydrogens (tertiary/aromatic N) is 2. The monoisotopic (exact) mass is 313 g/mol. The van der Waals surface area contributed by atoms with Gasteiger partial charge in [0.25, 0.3) is 0 Å². The summed E-state index contributed by atoms with van der Waals surface area (Å²) in [6, 6.07) is 0. The van der Waals surface area contributed by atoms with Gasteiger partial charge in [-0.1, -0.05) is 0 Å². The first-order chi connectivity index (χ1) is 10.1. The van der Waals surface area contributed by atoms with E-state index in [0.717, 1.165) is 43.9 Å². The van der Waals surface area contributed by atoms with Crippen LogP contribution in [-0.4, -0.2) is 36.4 Å². The highest BCUT2D eigenvalue weighted by molar-refractivity contribution is 7.89. The number of aryl methyl sites for hydroxylation is 2. The predicted octanol–water partition coefficient (Wildman–Crippen LogP) is 1.21. The van der Waals surface area contributed by atoms with Crippen molar-refractivity contribution in [3.8, 4) is 0 Å². The van der Waals surface area contributed by atoms with Crippen LogP contribution >= 0.6 is 0 Å². The van der Waals surface area contributed by atoms with Gasteiger partial charge in [0.05, 0.1) is 24.1 Å². The predicted molar refractivity (Wildman–Crippen MR) is 79.4 cm³/mol. The highest BCUT2D eigenvalue weighted by Crippen LogP contribution is 2.16. The minimum Gasteiger partial charge on any atom is -0.378 e. The van der Waals surface area contributed by atoms with E-state index < -0.39 is 10.0 Å². The minimum absolute atomic E-state index is 0.112. The average molecular weight is 313 g/mol. The minimum atomic E-state index is -3.25. The fourth-order valence-electron chi connectivity index (χ4n) is 2.97. The van der Waals surface area contributed by atoms with Gasteiger partial charge in [-0.15, -0.1) is 0 Å². The fraction of sp³-hybridized carbons (Fsp3) is 0.786. The lowest BCUT2D eigenvalue weighted by atomic mass is 10.2. The molecule has 1 N–H and O–H groups in total. The second-order valence-electron chi connectivity index (χ2n) is 5.86. The molecule has 0 saturated carbocycles. The molecule has 0 aromatic carbocycles. The van der Waals surface area contributed by atoms with E-state index in [1.54, 1.807) is 0 Å². The van der Waals surface area contributed by atoms with Gasteiger partial charge < -0.3 is 9.30 Å². The lowest BCUT2D eigenvalue weighted by Gasteiger charge is -2.11. The van der Waals surface area contributed by atoms with E-state index in [0.29, 0.717) is 6.42 Å².